The summed E-state index contributed by atoms with van der Waals surface area (Å²) in [6, 6.07) is 17.9. The molecule has 5 aromatic rings. The van der Waals surface area contributed by atoms with Gasteiger partial charge in [0.15, 0.2) is 5.65 Å². The maximum atomic E-state index is 12.7. The van der Waals surface area contributed by atoms with E-state index in [1.807, 2.05) is 24.4 Å². The van der Waals surface area contributed by atoms with Gasteiger partial charge in [-0.3, -0.25) is 14.5 Å². The fourth-order valence-electron chi connectivity index (χ4n) is 3.27. The average molecular weight is 353 g/mol. The zero-order chi connectivity index (χ0) is 18.2. The molecule has 3 heterocycles. The Hall–Kier alpha value is -3.80. The van der Waals surface area contributed by atoms with Gasteiger partial charge in [0, 0.05) is 11.6 Å². The minimum absolute atomic E-state index is 0.0858. The summed E-state index contributed by atoms with van der Waals surface area (Å²) < 4.78 is 1.61. The summed E-state index contributed by atoms with van der Waals surface area (Å²) in [4.78, 5) is 21.1. The van der Waals surface area contributed by atoms with Crippen LogP contribution in [0, 0.1) is 0 Å². The van der Waals surface area contributed by atoms with Gasteiger partial charge in [0.2, 0.25) is 0 Å². The van der Waals surface area contributed by atoms with Crippen molar-refractivity contribution in [3.8, 4) is 11.1 Å². The highest BCUT2D eigenvalue weighted by atomic mass is 16.1. The van der Waals surface area contributed by atoms with Gasteiger partial charge < -0.3 is 0 Å². The van der Waals surface area contributed by atoms with E-state index in [9.17, 15) is 4.79 Å². The number of aromatic nitrogens is 5. The third kappa shape index (κ3) is 2.77. The molecule has 6 heteroatoms. The maximum Gasteiger partial charge on any atom is 0.263 e. The summed E-state index contributed by atoms with van der Waals surface area (Å²) in [5, 5.41) is 8.68. The van der Waals surface area contributed by atoms with Crippen LogP contribution in [-0.4, -0.2) is 24.7 Å². The Morgan fingerprint density at radius 1 is 0.963 bits per heavy atom. The zero-order valence-electron chi connectivity index (χ0n) is 14.3. The minimum Gasteiger partial charge on any atom is -0.294 e. The van der Waals surface area contributed by atoms with Crippen molar-refractivity contribution >= 4 is 21.9 Å². The number of rotatable bonds is 3. The van der Waals surface area contributed by atoms with Crippen LogP contribution in [0.1, 0.15) is 5.56 Å². The first-order chi connectivity index (χ1) is 13.3. The van der Waals surface area contributed by atoms with Crippen LogP contribution < -0.4 is 5.56 Å². The van der Waals surface area contributed by atoms with Crippen LogP contribution in [0.3, 0.4) is 0 Å². The van der Waals surface area contributed by atoms with Gasteiger partial charge >= 0.3 is 0 Å². The van der Waals surface area contributed by atoms with Gasteiger partial charge in [0.25, 0.3) is 5.56 Å². The summed E-state index contributed by atoms with van der Waals surface area (Å²) >= 11 is 0. The van der Waals surface area contributed by atoms with E-state index in [4.69, 9.17) is 0 Å². The standard InChI is InChI=1S/C21H15N5O/c27-21-18-5-2-8-22-20(18)23-13-26(21)12-14-3-1-4-15(9-14)16-6-7-17-11-24-25-19(17)10-16/h1-11,13H,12H2,(H,24,25). The fourth-order valence-corrected chi connectivity index (χ4v) is 3.27. The van der Waals surface area contributed by atoms with Crippen molar-refractivity contribution in [2.75, 3.05) is 0 Å². The van der Waals surface area contributed by atoms with Crippen molar-refractivity contribution in [2.24, 2.45) is 0 Å². The van der Waals surface area contributed by atoms with Crippen LogP contribution in [0.25, 0.3) is 33.1 Å². The van der Waals surface area contributed by atoms with Gasteiger partial charge in [-0.1, -0.05) is 30.3 Å². The van der Waals surface area contributed by atoms with Crippen molar-refractivity contribution in [3.63, 3.8) is 0 Å². The fraction of sp³-hybridized carbons (Fsp3) is 0.0476. The highest BCUT2D eigenvalue weighted by Gasteiger charge is 2.07. The maximum absolute atomic E-state index is 12.7. The molecule has 3 aromatic heterocycles. The molecule has 0 aliphatic carbocycles. The highest BCUT2D eigenvalue weighted by molar-refractivity contribution is 5.83. The molecule has 5 rings (SSSR count). The smallest absolute Gasteiger partial charge is 0.263 e. The van der Waals surface area contributed by atoms with Gasteiger partial charge in [-0.15, -0.1) is 0 Å². The lowest BCUT2D eigenvalue weighted by molar-refractivity contribution is 0.747. The van der Waals surface area contributed by atoms with E-state index in [0.29, 0.717) is 17.6 Å². The largest absolute Gasteiger partial charge is 0.294 e. The zero-order valence-corrected chi connectivity index (χ0v) is 14.3. The number of pyridine rings is 1. The van der Waals surface area contributed by atoms with E-state index >= 15 is 0 Å². The predicted octanol–water partition coefficient (Wildman–Crippen LogP) is 3.38. The summed E-state index contributed by atoms with van der Waals surface area (Å²) in [6.07, 6.45) is 5.00. The molecular formula is C21H15N5O. The normalized spacial score (nSPS) is 11.3. The van der Waals surface area contributed by atoms with Crippen molar-refractivity contribution in [3.05, 3.63) is 89.2 Å². The van der Waals surface area contributed by atoms with Crippen LogP contribution >= 0.6 is 0 Å². The van der Waals surface area contributed by atoms with E-state index in [1.165, 1.54) is 0 Å². The lowest BCUT2D eigenvalue weighted by Crippen LogP contribution is -2.21. The molecule has 1 N–H and O–H groups in total. The Kier molecular flexibility index (Phi) is 3.53. The van der Waals surface area contributed by atoms with E-state index in [1.54, 1.807) is 29.2 Å². The summed E-state index contributed by atoms with van der Waals surface area (Å²) in [5.41, 5.74) is 4.61. The lowest BCUT2D eigenvalue weighted by Gasteiger charge is -2.09. The lowest BCUT2D eigenvalue weighted by atomic mass is 10.0. The summed E-state index contributed by atoms with van der Waals surface area (Å²) in [5.74, 6) is 0. The molecule has 0 bridgehead atoms. The molecule has 0 radical (unpaired) electrons. The van der Waals surface area contributed by atoms with Gasteiger partial charge in [0.05, 0.1) is 23.6 Å². The van der Waals surface area contributed by atoms with Crippen LogP contribution in [0.2, 0.25) is 0 Å². The van der Waals surface area contributed by atoms with Crippen molar-refractivity contribution in [1.29, 1.82) is 0 Å². The van der Waals surface area contributed by atoms with Gasteiger partial charge in [0.1, 0.15) is 6.33 Å². The van der Waals surface area contributed by atoms with E-state index in [-0.39, 0.29) is 5.56 Å². The SMILES string of the molecule is O=c1c2cccnc2ncn1Cc1cccc(-c2ccc3cn[nH]c3c2)c1. The molecule has 0 unspecified atom stereocenters. The van der Waals surface area contributed by atoms with Crippen molar-refractivity contribution < 1.29 is 0 Å². The topological polar surface area (TPSA) is 76.5 Å². The van der Waals surface area contributed by atoms with Gasteiger partial charge in [-0.25, -0.2) is 9.97 Å². The van der Waals surface area contributed by atoms with Crippen molar-refractivity contribution in [1.82, 2.24) is 24.7 Å². The molecule has 0 atom stereocenters. The second kappa shape index (κ2) is 6.17. The molecule has 0 saturated carbocycles. The molecule has 2 aromatic carbocycles. The Bertz CT molecular complexity index is 1340. The number of aromatic amines is 1. The van der Waals surface area contributed by atoms with E-state index in [0.717, 1.165) is 27.6 Å². The molecule has 0 amide bonds. The number of fused-ring (bicyclic) bond motifs is 2. The van der Waals surface area contributed by atoms with Gasteiger partial charge in [-0.2, -0.15) is 5.10 Å². The van der Waals surface area contributed by atoms with Gasteiger partial charge in [-0.05, 0) is 41.0 Å². The number of benzene rings is 2. The highest BCUT2D eigenvalue weighted by Crippen LogP contribution is 2.24. The molecular weight excluding hydrogens is 338 g/mol. The van der Waals surface area contributed by atoms with Crippen LogP contribution in [0.5, 0.6) is 0 Å². The Morgan fingerprint density at radius 3 is 2.85 bits per heavy atom. The molecule has 0 fully saturated rings. The molecule has 0 saturated heterocycles. The number of H-pyrrole nitrogens is 1. The first-order valence-electron chi connectivity index (χ1n) is 8.60. The van der Waals surface area contributed by atoms with E-state index in [2.05, 4.69) is 44.4 Å². The second-order valence-electron chi connectivity index (χ2n) is 6.42. The Morgan fingerprint density at radius 2 is 1.89 bits per heavy atom. The third-order valence-corrected chi connectivity index (χ3v) is 4.65. The molecule has 0 spiro atoms. The summed E-state index contributed by atoms with van der Waals surface area (Å²) in [6.45, 7) is 0.455. The molecule has 0 aliphatic heterocycles. The monoisotopic (exact) mass is 353 g/mol. The molecule has 0 aliphatic rings. The molecule has 6 nitrogen and oxygen atoms in total. The Balaban J connectivity index is 1.52. The van der Waals surface area contributed by atoms with E-state index < -0.39 is 0 Å². The number of nitrogens with one attached hydrogen (secondary N) is 1. The number of nitrogens with zero attached hydrogens (tertiary/aromatic N) is 4. The molecule has 130 valence electrons. The Labute approximate surface area is 154 Å². The first kappa shape index (κ1) is 15.5. The average Bonchev–Trinajstić information content (AvgIpc) is 3.18. The molecule has 27 heavy (non-hydrogen) atoms. The van der Waals surface area contributed by atoms with Crippen molar-refractivity contribution in [2.45, 2.75) is 6.54 Å². The number of hydrogen-bond donors (Lipinski definition) is 1. The van der Waals surface area contributed by atoms with Crippen LogP contribution in [-0.2, 0) is 6.54 Å². The predicted molar refractivity (Wildman–Crippen MR) is 104 cm³/mol. The summed E-state index contributed by atoms with van der Waals surface area (Å²) in [7, 11) is 0. The minimum atomic E-state index is -0.0858. The number of hydrogen-bond acceptors (Lipinski definition) is 4. The van der Waals surface area contributed by atoms with Crippen LogP contribution in [0.15, 0.2) is 78.1 Å². The second-order valence-corrected chi connectivity index (χ2v) is 6.42. The van der Waals surface area contributed by atoms with Crippen LogP contribution in [0.4, 0.5) is 0 Å². The quantitative estimate of drug-likeness (QED) is 0.539. The first-order valence-corrected chi connectivity index (χ1v) is 8.60. The third-order valence-electron chi connectivity index (χ3n) is 4.65.